The minimum absolute atomic E-state index is 0.0279. The molecular formula is C22H25ClN2O4. The van der Waals surface area contributed by atoms with Crippen LogP contribution in [0.15, 0.2) is 36.4 Å². The second-order valence-corrected chi connectivity index (χ2v) is 8.03. The molecule has 154 valence electrons. The summed E-state index contributed by atoms with van der Waals surface area (Å²) in [6.07, 6.45) is -1.02. The number of hydrogen-bond donors (Lipinski definition) is 2. The smallest absolute Gasteiger partial charge is 0.325 e. The molecule has 0 saturated carbocycles. The van der Waals surface area contributed by atoms with Crippen LogP contribution >= 0.6 is 11.6 Å². The van der Waals surface area contributed by atoms with Crippen molar-refractivity contribution < 1.29 is 19.4 Å². The highest BCUT2D eigenvalue weighted by Gasteiger charge is 2.49. The molecule has 2 aromatic rings. The zero-order chi connectivity index (χ0) is 21.3. The molecule has 1 saturated heterocycles. The highest BCUT2D eigenvalue weighted by Crippen LogP contribution is 2.30. The normalized spacial score (nSPS) is 20.0. The predicted octanol–water partition coefficient (Wildman–Crippen LogP) is 3.47. The van der Waals surface area contributed by atoms with E-state index in [4.69, 9.17) is 16.3 Å². The van der Waals surface area contributed by atoms with Crippen molar-refractivity contribution in [2.75, 3.05) is 13.2 Å². The maximum atomic E-state index is 12.9. The van der Waals surface area contributed by atoms with Gasteiger partial charge in [-0.2, -0.15) is 0 Å². The monoisotopic (exact) mass is 416 g/mol. The van der Waals surface area contributed by atoms with Crippen molar-refractivity contribution in [1.29, 1.82) is 0 Å². The fourth-order valence-corrected chi connectivity index (χ4v) is 3.56. The number of imide groups is 1. The van der Waals surface area contributed by atoms with Crippen LogP contribution in [0.2, 0.25) is 5.02 Å². The van der Waals surface area contributed by atoms with Gasteiger partial charge in [0.25, 0.3) is 5.91 Å². The van der Waals surface area contributed by atoms with Gasteiger partial charge in [-0.3, -0.25) is 9.69 Å². The Balaban J connectivity index is 1.69. The number of urea groups is 1. The van der Waals surface area contributed by atoms with Gasteiger partial charge in [0.1, 0.15) is 24.0 Å². The molecule has 1 fully saturated rings. The summed E-state index contributed by atoms with van der Waals surface area (Å²) in [5, 5.41) is 13.7. The molecule has 0 bridgehead atoms. The molecule has 1 aliphatic heterocycles. The van der Waals surface area contributed by atoms with Gasteiger partial charge in [0, 0.05) is 5.02 Å². The van der Waals surface area contributed by atoms with Gasteiger partial charge in [0.05, 0.1) is 6.54 Å². The summed E-state index contributed by atoms with van der Waals surface area (Å²) in [6.45, 7) is 7.33. The summed E-state index contributed by atoms with van der Waals surface area (Å²) in [5.74, 6) is 0.291. The number of benzene rings is 2. The van der Waals surface area contributed by atoms with Crippen LogP contribution in [0.25, 0.3) is 0 Å². The van der Waals surface area contributed by atoms with Gasteiger partial charge in [-0.15, -0.1) is 0 Å². The Kier molecular flexibility index (Phi) is 5.87. The number of nitrogens with zero attached hydrogens (tertiary/aromatic N) is 1. The number of ether oxygens (including phenoxy) is 1. The molecule has 6 nitrogen and oxygen atoms in total. The van der Waals surface area contributed by atoms with Crippen LogP contribution < -0.4 is 10.1 Å². The first-order chi connectivity index (χ1) is 13.6. The molecule has 2 atom stereocenters. The number of hydrogen-bond acceptors (Lipinski definition) is 4. The van der Waals surface area contributed by atoms with Crippen molar-refractivity contribution in [2.24, 2.45) is 0 Å². The van der Waals surface area contributed by atoms with Gasteiger partial charge in [0.2, 0.25) is 0 Å². The molecule has 0 spiro atoms. The molecule has 0 unspecified atom stereocenters. The van der Waals surface area contributed by atoms with Crippen LogP contribution in [0.1, 0.15) is 29.2 Å². The number of aryl methyl sites for hydroxylation is 2. The number of β-amino-alcohol motifs (C(OH)–C–C–N with tert-alkyl or cyclic N) is 1. The standard InChI is InChI=1S/C22H25ClN2O4/c1-13-5-6-14(2)19(15(13)3)29-12-18(26)11-25-20(27)22(4,24-21(25)28)16-7-9-17(23)10-8-16/h5-10,18,26H,11-12H2,1-4H3,(H,24,28)/t18-,22+/m1/s1. The molecule has 1 heterocycles. The lowest BCUT2D eigenvalue weighted by molar-refractivity contribution is -0.132. The molecule has 0 aromatic heterocycles. The minimum Gasteiger partial charge on any atom is -0.490 e. The van der Waals surface area contributed by atoms with E-state index in [2.05, 4.69) is 5.32 Å². The maximum Gasteiger partial charge on any atom is 0.325 e. The van der Waals surface area contributed by atoms with Crippen LogP contribution in [0.4, 0.5) is 4.79 Å². The fraction of sp³-hybridized carbons (Fsp3) is 0.364. The molecular weight excluding hydrogens is 392 g/mol. The first-order valence-corrected chi connectivity index (χ1v) is 9.79. The van der Waals surface area contributed by atoms with Crippen molar-refractivity contribution in [3.05, 3.63) is 63.7 Å². The van der Waals surface area contributed by atoms with Crippen LogP contribution in [-0.4, -0.2) is 41.2 Å². The average molecular weight is 417 g/mol. The van der Waals surface area contributed by atoms with E-state index in [-0.39, 0.29) is 13.2 Å². The molecule has 2 N–H and O–H groups in total. The second-order valence-electron chi connectivity index (χ2n) is 7.60. The van der Waals surface area contributed by atoms with E-state index in [1.165, 1.54) is 0 Å². The van der Waals surface area contributed by atoms with E-state index in [1.54, 1.807) is 31.2 Å². The molecule has 2 aromatic carbocycles. The van der Waals surface area contributed by atoms with Crippen LogP contribution in [0.5, 0.6) is 5.75 Å². The number of aliphatic hydroxyl groups is 1. The SMILES string of the molecule is Cc1ccc(C)c(OC[C@H](O)CN2C(=O)N[C@@](C)(c3ccc(Cl)cc3)C2=O)c1C. The quantitative estimate of drug-likeness (QED) is 0.707. The number of halogens is 1. The maximum absolute atomic E-state index is 12.9. The lowest BCUT2D eigenvalue weighted by atomic mass is 9.92. The zero-order valence-corrected chi connectivity index (χ0v) is 17.7. The molecule has 3 amide bonds. The topological polar surface area (TPSA) is 78.9 Å². The van der Waals surface area contributed by atoms with Crippen LogP contribution in [0.3, 0.4) is 0 Å². The Bertz CT molecular complexity index is 945. The van der Waals surface area contributed by atoms with Crippen molar-refractivity contribution in [3.63, 3.8) is 0 Å². The first kappa shape index (κ1) is 21.1. The number of rotatable bonds is 6. The Morgan fingerprint density at radius 1 is 1.10 bits per heavy atom. The Labute approximate surface area is 175 Å². The summed E-state index contributed by atoms with van der Waals surface area (Å²) in [6, 6.07) is 10.2. The van der Waals surface area contributed by atoms with Gasteiger partial charge in [0.15, 0.2) is 0 Å². The van der Waals surface area contributed by atoms with E-state index >= 15 is 0 Å². The van der Waals surface area contributed by atoms with Crippen molar-refractivity contribution in [1.82, 2.24) is 10.2 Å². The van der Waals surface area contributed by atoms with Gasteiger partial charge in [-0.05, 0) is 62.1 Å². The highest BCUT2D eigenvalue weighted by molar-refractivity contribution is 6.30. The number of aliphatic hydroxyl groups excluding tert-OH is 1. The molecule has 0 radical (unpaired) electrons. The summed E-state index contributed by atoms with van der Waals surface area (Å²) in [4.78, 5) is 26.4. The van der Waals surface area contributed by atoms with E-state index in [1.807, 2.05) is 32.9 Å². The largest absolute Gasteiger partial charge is 0.490 e. The fourth-order valence-electron chi connectivity index (χ4n) is 3.43. The van der Waals surface area contributed by atoms with E-state index in [9.17, 15) is 14.7 Å². The molecule has 3 rings (SSSR count). The van der Waals surface area contributed by atoms with Crippen molar-refractivity contribution >= 4 is 23.5 Å². The lowest BCUT2D eigenvalue weighted by Crippen LogP contribution is -2.42. The molecule has 0 aliphatic carbocycles. The minimum atomic E-state index is -1.20. The van der Waals surface area contributed by atoms with Crippen molar-refractivity contribution in [2.45, 2.75) is 39.3 Å². The average Bonchev–Trinajstić information content (AvgIpc) is 2.89. The number of carbonyl (C=O) groups excluding carboxylic acids is 2. The number of carbonyl (C=O) groups is 2. The third-order valence-corrected chi connectivity index (χ3v) is 5.64. The van der Waals surface area contributed by atoms with Gasteiger partial charge < -0.3 is 15.2 Å². The predicted molar refractivity (Wildman–Crippen MR) is 111 cm³/mol. The Morgan fingerprint density at radius 2 is 1.72 bits per heavy atom. The third kappa shape index (κ3) is 4.09. The van der Waals surface area contributed by atoms with Gasteiger partial charge in [-0.1, -0.05) is 35.9 Å². The molecule has 7 heteroatoms. The van der Waals surface area contributed by atoms with Crippen LogP contribution in [0, 0.1) is 20.8 Å². The lowest BCUT2D eigenvalue weighted by Gasteiger charge is -2.23. The number of amides is 3. The van der Waals surface area contributed by atoms with E-state index in [0.29, 0.717) is 16.3 Å². The Morgan fingerprint density at radius 3 is 2.38 bits per heavy atom. The summed E-state index contributed by atoms with van der Waals surface area (Å²) in [5.41, 5.74) is 2.48. The summed E-state index contributed by atoms with van der Waals surface area (Å²) in [7, 11) is 0. The van der Waals surface area contributed by atoms with E-state index < -0.39 is 23.6 Å². The van der Waals surface area contributed by atoms with Gasteiger partial charge >= 0.3 is 6.03 Å². The third-order valence-electron chi connectivity index (χ3n) is 5.38. The zero-order valence-electron chi connectivity index (χ0n) is 17.0. The van der Waals surface area contributed by atoms with Crippen molar-refractivity contribution in [3.8, 4) is 5.75 Å². The second kappa shape index (κ2) is 8.05. The van der Waals surface area contributed by atoms with Crippen LogP contribution in [-0.2, 0) is 10.3 Å². The summed E-state index contributed by atoms with van der Waals surface area (Å²) < 4.78 is 5.81. The van der Waals surface area contributed by atoms with Gasteiger partial charge in [-0.25, -0.2) is 4.79 Å². The number of nitrogens with one attached hydrogen (secondary N) is 1. The summed E-state index contributed by atoms with van der Waals surface area (Å²) >= 11 is 5.91. The molecule has 1 aliphatic rings. The Hall–Kier alpha value is -2.57. The highest BCUT2D eigenvalue weighted by atomic mass is 35.5. The first-order valence-electron chi connectivity index (χ1n) is 9.41. The van der Waals surface area contributed by atoms with E-state index in [0.717, 1.165) is 21.6 Å². The molecule has 29 heavy (non-hydrogen) atoms.